The van der Waals surface area contributed by atoms with Crippen molar-refractivity contribution in [2.75, 3.05) is 18.5 Å². The second-order valence-electron chi connectivity index (χ2n) is 5.53. The predicted octanol–water partition coefficient (Wildman–Crippen LogP) is 3.21. The average Bonchev–Trinajstić information content (AvgIpc) is 2.64. The molecular weight excluding hydrogens is 346 g/mol. The Labute approximate surface area is 158 Å². The summed E-state index contributed by atoms with van der Waals surface area (Å²) in [6, 6.07) is 12.0. The molecule has 2 N–H and O–H groups in total. The lowest BCUT2D eigenvalue weighted by Crippen LogP contribution is -2.17. The molecular formula is C20H23N3O4. The van der Waals surface area contributed by atoms with E-state index in [-0.39, 0.29) is 11.8 Å². The SMILES string of the molecule is CCOc1ccc(C=NNC(=O)c2ccc(NC(C)=O)cc2)cc1OCC. The highest BCUT2D eigenvalue weighted by Gasteiger charge is 2.06. The van der Waals surface area contributed by atoms with Gasteiger partial charge in [0.15, 0.2) is 11.5 Å². The Hall–Kier alpha value is -3.35. The zero-order valence-corrected chi connectivity index (χ0v) is 15.6. The van der Waals surface area contributed by atoms with Crippen molar-refractivity contribution in [3.05, 3.63) is 53.6 Å². The molecule has 0 saturated heterocycles. The maximum atomic E-state index is 12.1. The van der Waals surface area contributed by atoms with Crippen molar-refractivity contribution in [1.29, 1.82) is 0 Å². The molecule has 142 valence electrons. The average molecular weight is 369 g/mol. The normalized spacial score (nSPS) is 10.5. The Morgan fingerprint density at radius 3 is 2.30 bits per heavy atom. The van der Waals surface area contributed by atoms with E-state index in [1.54, 1.807) is 36.4 Å². The molecule has 0 fully saturated rings. The number of carbonyl (C=O) groups excluding carboxylic acids is 2. The van der Waals surface area contributed by atoms with Gasteiger partial charge in [-0.25, -0.2) is 5.43 Å². The molecule has 0 aliphatic carbocycles. The highest BCUT2D eigenvalue weighted by atomic mass is 16.5. The lowest BCUT2D eigenvalue weighted by atomic mass is 10.2. The molecule has 0 aliphatic heterocycles. The molecule has 7 heteroatoms. The molecule has 0 atom stereocenters. The van der Waals surface area contributed by atoms with Crippen molar-refractivity contribution in [2.45, 2.75) is 20.8 Å². The number of nitrogens with one attached hydrogen (secondary N) is 2. The molecule has 2 amide bonds. The monoisotopic (exact) mass is 369 g/mol. The van der Waals surface area contributed by atoms with Gasteiger partial charge in [-0.05, 0) is 61.9 Å². The van der Waals surface area contributed by atoms with Crippen molar-refractivity contribution in [1.82, 2.24) is 5.43 Å². The topological polar surface area (TPSA) is 89.0 Å². The van der Waals surface area contributed by atoms with Crippen LogP contribution < -0.4 is 20.2 Å². The Kier molecular flexibility index (Phi) is 7.37. The van der Waals surface area contributed by atoms with Gasteiger partial charge in [-0.3, -0.25) is 9.59 Å². The number of ether oxygens (including phenoxy) is 2. The van der Waals surface area contributed by atoms with E-state index in [1.807, 2.05) is 19.9 Å². The van der Waals surface area contributed by atoms with E-state index in [9.17, 15) is 9.59 Å². The van der Waals surface area contributed by atoms with E-state index in [2.05, 4.69) is 15.8 Å². The Bertz CT molecular complexity index is 816. The van der Waals surface area contributed by atoms with E-state index in [0.717, 1.165) is 5.56 Å². The summed E-state index contributed by atoms with van der Waals surface area (Å²) in [7, 11) is 0. The summed E-state index contributed by atoms with van der Waals surface area (Å²) < 4.78 is 11.1. The van der Waals surface area contributed by atoms with Crippen LogP contribution in [0, 0.1) is 0 Å². The predicted molar refractivity (Wildman–Crippen MR) is 105 cm³/mol. The lowest BCUT2D eigenvalue weighted by molar-refractivity contribution is -0.114. The number of amides is 2. The van der Waals surface area contributed by atoms with Crippen LogP contribution >= 0.6 is 0 Å². The van der Waals surface area contributed by atoms with Crippen LogP contribution in [0.4, 0.5) is 5.69 Å². The zero-order valence-electron chi connectivity index (χ0n) is 15.6. The number of hydrogen-bond acceptors (Lipinski definition) is 5. The van der Waals surface area contributed by atoms with Crippen LogP contribution in [0.25, 0.3) is 0 Å². The van der Waals surface area contributed by atoms with Crippen molar-refractivity contribution in [3.8, 4) is 11.5 Å². The summed E-state index contributed by atoms with van der Waals surface area (Å²) in [5, 5.41) is 6.62. The van der Waals surface area contributed by atoms with Crippen molar-refractivity contribution < 1.29 is 19.1 Å². The van der Waals surface area contributed by atoms with E-state index >= 15 is 0 Å². The quantitative estimate of drug-likeness (QED) is 0.552. The molecule has 0 radical (unpaired) electrons. The minimum atomic E-state index is -0.350. The number of benzene rings is 2. The molecule has 27 heavy (non-hydrogen) atoms. The Morgan fingerprint density at radius 1 is 1.00 bits per heavy atom. The Balaban J connectivity index is 2.00. The summed E-state index contributed by atoms with van der Waals surface area (Å²) in [6.45, 7) is 6.29. The van der Waals surface area contributed by atoms with Crippen LogP contribution in [-0.2, 0) is 4.79 Å². The van der Waals surface area contributed by atoms with Crippen LogP contribution in [0.5, 0.6) is 11.5 Å². The third-order valence-electron chi connectivity index (χ3n) is 3.41. The van der Waals surface area contributed by atoms with Crippen molar-refractivity contribution >= 4 is 23.7 Å². The largest absolute Gasteiger partial charge is 0.490 e. The number of hydrogen-bond donors (Lipinski definition) is 2. The van der Waals surface area contributed by atoms with E-state index < -0.39 is 0 Å². The summed E-state index contributed by atoms with van der Waals surface area (Å²) in [6.07, 6.45) is 1.53. The summed E-state index contributed by atoms with van der Waals surface area (Å²) >= 11 is 0. The minimum Gasteiger partial charge on any atom is -0.490 e. The van der Waals surface area contributed by atoms with Crippen LogP contribution in [0.2, 0.25) is 0 Å². The van der Waals surface area contributed by atoms with Crippen molar-refractivity contribution in [3.63, 3.8) is 0 Å². The standard InChI is InChI=1S/C20H23N3O4/c1-4-26-18-11-6-15(12-19(18)27-5-2)13-21-23-20(25)16-7-9-17(10-8-16)22-14(3)24/h6-13H,4-5H2,1-3H3,(H,22,24)(H,23,25). The van der Waals surface area contributed by atoms with Crippen LogP contribution in [0.15, 0.2) is 47.6 Å². The number of hydrazone groups is 1. The molecule has 0 bridgehead atoms. The number of anilines is 1. The molecule has 0 saturated carbocycles. The highest BCUT2D eigenvalue weighted by Crippen LogP contribution is 2.27. The van der Waals surface area contributed by atoms with E-state index in [1.165, 1.54) is 13.1 Å². The van der Waals surface area contributed by atoms with E-state index in [4.69, 9.17) is 9.47 Å². The molecule has 0 aliphatic rings. The third kappa shape index (κ3) is 6.14. The van der Waals surface area contributed by atoms with Gasteiger partial charge >= 0.3 is 0 Å². The summed E-state index contributed by atoms with van der Waals surface area (Å²) in [4.78, 5) is 23.1. The van der Waals surface area contributed by atoms with Gasteiger partial charge < -0.3 is 14.8 Å². The molecule has 0 spiro atoms. The molecule has 0 unspecified atom stereocenters. The maximum absolute atomic E-state index is 12.1. The summed E-state index contributed by atoms with van der Waals surface area (Å²) in [5.74, 6) is 0.776. The molecule has 2 aromatic rings. The van der Waals surface area contributed by atoms with Gasteiger partial charge in [0.05, 0.1) is 19.4 Å². The first-order chi connectivity index (χ1) is 13.0. The van der Waals surface area contributed by atoms with Crippen LogP contribution in [0.1, 0.15) is 36.7 Å². The van der Waals surface area contributed by atoms with Crippen molar-refractivity contribution in [2.24, 2.45) is 5.10 Å². The van der Waals surface area contributed by atoms with Crippen LogP contribution in [-0.4, -0.2) is 31.2 Å². The number of carbonyl (C=O) groups is 2. The van der Waals surface area contributed by atoms with Gasteiger partial charge in [0.1, 0.15) is 0 Å². The minimum absolute atomic E-state index is 0.168. The maximum Gasteiger partial charge on any atom is 0.271 e. The van der Waals surface area contributed by atoms with Crippen LogP contribution in [0.3, 0.4) is 0 Å². The number of nitrogens with zero attached hydrogens (tertiary/aromatic N) is 1. The molecule has 0 aromatic heterocycles. The van der Waals surface area contributed by atoms with Gasteiger partial charge in [-0.1, -0.05) is 0 Å². The zero-order chi connectivity index (χ0) is 19.6. The fraction of sp³-hybridized carbons (Fsp3) is 0.250. The fourth-order valence-electron chi connectivity index (χ4n) is 2.29. The lowest BCUT2D eigenvalue weighted by Gasteiger charge is -2.11. The first-order valence-corrected chi connectivity index (χ1v) is 8.64. The fourth-order valence-corrected chi connectivity index (χ4v) is 2.29. The highest BCUT2D eigenvalue weighted by molar-refractivity contribution is 5.96. The molecule has 0 heterocycles. The van der Waals surface area contributed by atoms with Gasteiger partial charge in [-0.15, -0.1) is 0 Å². The van der Waals surface area contributed by atoms with E-state index in [0.29, 0.717) is 36.0 Å². The first-order valence-electron chi connectivity index (χ1n) is 8.64. The third-order valence-corrected chi connectivity index (χ3v) is 3.41. The van der Waals surface area contributed by atoms with Gasteiger partial charge in [0.25, 0.3) is 5.91 Å². The number of rotatable bonds is 8. The van der Waals surface area contributed by atoms with Gasteiger partial charge in [-0.2, -0.15) is 5.10 Å². The molecule has 2 rings (SSSR count). The smallest absolute Gasteiger partial charge is 0.271 e. The second kappa shape index (κ2) is 9.96. The first kappa shape index (κ1) is 20.0. The second-order valence-corrected chi connectivity index (χ2v) is 5.53. The van der Waals surface area contributed by atoms with Gasteiger partial charge in [0.2, 0.25) is 5.91 Å². The Morgan fingerprint density at radius 2 is 1.67 bits per heavy atom. The van der Waals surface area contributed by atoms with Gasteiger partial charge in [0, 0.05) is 18.2 Å². The summed E-state index contributed by atoms with van der Waals surface area (Å²) in [5.41, 5.74) is 4.30. The molecule has 7 nitrogen and oxygen atoms in total. The molecule has 2 aromatic carbocycles.